The van der Waals surface area contributed by atoms with E-state index in [0.29, 0.717) is 10.3 Å². The zero-order valence-corrected chi connectivity index (χ0v) is 6.60. The summed E-state index contributed by atoms with van der Waals surface area (Å²) in [5.41, 5.74) is 0.417. The van der Waals surface area contributed by atoms with Crippen LogP contribution >= 0.6 is 15.9 Å². The van der Waals surface area contributed by atoms with Crippen LogP contribution in [0, 0.1) is 5.82 Å². The van der Waals surface area contributed by atoms with Crippen molar-refractivity contribution in [3.05, 3.63) is 22.7 Å². The second-order valence-electron chi connectivity index (χ2n) is 1.62. The summed E-state index contributed by atoms with van der Waals surface area (Å²) >= 11 is 3.08. The van der Waals surface area contributed by atoms with E-state index >= 15 is 0 Å². The fourth-order valence-corrected chi connectivity index (χ4v) is 0.865. The Balaban J connectivity index is 3.21. The third-order valence-electron chi connectivity index (χ3n) is 0.958. The molecule has 0 aliphatic heterocycles. The minimum absolute atomic E-state index is 0.411. The first-order chi connectivity index (χ1) is 4.74. The first kappa shape index (κ1) is 7.34. The quantitative estimate of drug-likeness (QED) is 0.507. The molecule has 0 N–H and O–H groups in total. The lowest BCUT2D eigenvalue weighted by atomic mass is 10.4. The van der Waals surface area contributed by atoms with Crippen molar-refractivity contribution >= 4 is 28.3 Å². The van der Waals surface area contributed by atoms with Crippen LogP contribution in [0.4, 0.5) is 10.1 Å². The first-order valence-electron chi connectivity index (χ1n) is 2.52. The van der Waals surface area contributed by atoms with Gasteiger partial charge in [0.2, 0.25) is 0 Å². The van der Waals surface area contributed by atoms with Gasteiger partial charge >= 0.3 is 0 Å². The SMILES string of the molecule is C=Nc1cc(F)cnc1Br. The maximum atomic E-state index is 12.4. The summed E-state index contributed by atoms with van der Waals surface area (Å²) in [4.78, 5) is 7.19. The number of hydrogen-bond donors (Lipinski definition) is 0. The molecule has 2 nitrogen and oxygen atoms in total. The molecule has 0 amide bonds. The molecule has 10 heavy (non-hydrogen) atoms. The number of pyridine rings is 1. The zero-order chi connectivity index (χ0) is 7.56. The van der Waals surface area contributed by atoms with Crippen molar-refractivity contribution in [3.8, 4) is 0 Å². The van der Waals surface area contributed by atoms with E-state index in [0.717, 1.165) is 6.20 Å². The molecule has 0 saturated heterocycles. The summed E-state index contributed by atoms with van der Waals surface area (Å²) in [6, 6.07) is 1.25. The van der Waals surface area contributed by atoms with Gasteiger partial charge in [0.15, 0.2) is 0 Å². The molecule has 4 heteroatoms. The molecule has 0 atom stereocenters. The smallest absolute Gasteiger partial charge is 0.143 e. The van der Waals surface area contributed by atoms with Crippen LogP contribution in [0.1, 0.15) is 0 Å². The van der Waals surface area contributed by atoms with Crippen LogP contribution in [-0.4, -0.2) is 11.7 Å². The molecule has 0 radical (unpaired) electrons. The Kier molecular flexibility index (Phi) is 2.11. The van der Waals surface area contributed by atoms with E-state index in [1.54, 1.807) is 0 Å². The summed E-state index contributed by atoms with van der Waals surface area (Å²) < 4.78 is 12.9. The van der Waals surface area contributed by atoms with Gasteiger partial charge in [0, 0.05) is 6.07 Å². The predicted octanol–water partition coefficient (Wildman–Crippen LogP) is 2.32. The largest absolute Gasteiger partial charge is 0.262 e. The van der Waals surface area contributed by atoms with Gasteiger partial charge in [-0.05, 0) is 22.6 Å². The Morgan fingerprint density at radius 3 is 2.90 bits per heavy atom. The second kappa shape index (κ2) is 2.88. The Bertz CT molecular complexity index is 262. The lowest BCUT2D eigenvalue weighted by molar-refractivity contribution is 0.621. The molecule has 1 heterocycles. The number of nitrogens with zero attached hydrogens (tertiary/aromatic N) is 2. The van der Waals surface area contributed by atoms with Crippen molar-refractivity contribution in [1.82, 2.24) is 4.98 Å². The van der Waals surface area contributed by atoms with Crippen LogP contribution in [0.2, 0.25) is 0 Å². The third kappa shape index (κ3) is 1.39. The molecule has 0 aromatic carbocycles. The predicted molar refractivity (Wildman–Crippen MR) is 41.1 cm³/mol. The minimum atomic E-state index is -0.411. The van der Waals surface area contributed by atoms with Gasteiger partial charge in [0.05, 0.1) is 11.9 Å². The van der Waals surface area contributed by atoms with Crippen LogP contribution < -0.4 is 0 Å². The van der Waals surface area contributed by atoms with Gasteiger partial charge in [0.1, 0.15) is 10.4 Å². The van der Waals surface area contributed by atoms with E-state index < -0.39 is 5.82 Å². The Hall–Kier alpha value is -0.770. The highest BCUT2D eigenvalue weighted by Crippen LogP contribution is 2.21. The molecule has 0 unspecified atom stereocenters. The molecule has 0 aliphatic rings. The topological polar surface area (TPSA) is 25.2 Å². The number of hydrogen-bond acceptors (Lipinski definition) is 2. The van der Waals surface area contributed by atoms with E-state index in [1.807, 2.05) is 0 Å². The second-order valence-corrected chi connectivity index (χ2v) is 2.37. The molecular weight excluding hydrogens is 199 g/mol. The highest BCUT2D eigenvalue weighted by Gasteiger charge is 1.98. The zero-order valence-electron chi connectivity index (χ0n) is 5.01. The summed E-state index contributed by atoms with van der Waals surface area (Å²) in [6.45, 7) is 3.25. The van der Waals surface area contributed by atoms with Gasteiger partial charge in [-0.15, -0.1) is 0 Å². The summed E-state index contributed by atoms with van der Waals surface area (Å²) in [5, 5.41) is 0. The van der Waals surface area contributed by atoms with Gasteiger partial charge in [0.25, 0.3) is 0 Å². The standard InChI is InChI=1S/C6H4BrFN2/c1-9-5-2-4(8)3-10-6(5)7/h2-3H,1H2. The fraction of sp³-hybridized carbons (Fsp3) is 0. The van der Waals surface area contributed by atoms with Crippen molar-refractivity contribution in [2.45, 2.75) is 0 Å². The molecule has 52 valence electrons. The summed E-state index contributed by atoms with van der Waals surface area (Å²) in [7, 11) is 0. The van der Waals surface area contributed by atoms with Crippen LogP contribution in [-0.2, 0) is 0 Å². The molecule has 0 bridgehead atoms. The number of rotatable bonds is 1. The molecule has 0 aliphatic carbocycles. The maximum absolute atomic E-state index is 12.4. The van der Waals surface area contributed by atoms with Crippen molar-refractivity contribution < 1.29 is 4.39 Å². The number of halogens is 2. The van der Waals surface area contributed by atoms with Crippen molar-refractivity contribution in [2.75, 3.05) is 0 Å². The van der Waals surface area contributed by atoms with E-state index in [-0.39, 0.29) is 0 Å². The molecule has 1 rings (SSSR count). The molecule has 0 spiro atoms. The van der Waals surface area contributed by atoms with Crippen LogP contribution in [0.3, 0.4) is 0 Å². The highest BCUT2D eigenvalue weighted by molar-refractivity contribution is 9.10. The van der Waals surface area contributed by atoms with Crippen LogP contribution in [0.15, 0.2) is 21.9 Å². The van der Waals surface area contributed by atoms with Crippen LogP contribution in [0.5, 0.6) is 0 Å². The van der Waals surface area contributed by atoms with Crippen molar-refractivity contribution in [2.24, 2.45) is 4.99 Å². The highest BCUT2D eigenvalue weighted by atomic mass is 79.9. The van der Waals surface area contributed by atoms with Gasteiger partial charge in [-0.3, -0.25) is 4.99 Å². The molecule has 0 saturated carbocycles. The van der Waals surface area contributed by atoms with E-state index in [9.17, 15) is 4.39 Å². The average Bonchev–Trinajstić information content (AvgIpc) is 1.94. The van der Waals surface area contributed by atoms with Gasteiger partial charge in [-0.25, -0.2) is 9.37 Å². The lowest BCUT2D eigenvalue weighted by Crippen LogP contribution is -1.78. The summed E-state index contributed by atoms with van der Waals surface area (Å²) in [6.07, 6.45) is 1.11. The van der Waals surface area contributed by atoms with Gasteiger partial charge in [-0.1, -0.05) is 0 Å². The fourth-order valence-electron chi connectivity index (χ4n) is 0.523. The minimum Gasteiger partial charge on any atom is -0.262 e. The number of aromatic nitrogens is 1. The van der Waals surface area contributed by atoms with Gasteiger partial charge in [-0.2, -0.15) is 0 Å². The molecule has 1 aromatic rings. The van der Waals surface area contributed by atoms with Crippen LogP contribution in [0.25, 0.3) is 0 Å². The van der Waals surface area contributed by atoms with Gasteiger partial charge < -0.3 is 0 Å². The average molecular weight is 203 g/mol. The van der Waals surface area contributed by atoms with Crippen molar-refractivity contribution in [1.29, 1.82) is 0 Å². The van der Waals surface area contributed by atoms with E-state index in [2.05, 4.69) is 32.6 Å². The summed E-state index contributed by atoms with van der Waals surface area (Å²) in [5.74, 6) is -0.411. The maximum Gasteiger partial charge on any atom is 0.143 e. The Labute approximate surface area is 65.9 Å². The van der Waals surface area contributed by atoms with E-state index in [4.69, 9.17) is 0 Å². The Morgan fingerprint density at radius 1 is 1.70 bits per heavy atom. The third-order valence-corrected chi connectivity index (χ3v) is 1.57. The Morgan fingerprint density at radius 2 is 2.40 bits per heavy atom. The molecule has 0 fully saturated rings. The lowest BCUT2D eigenvalue weighted by Gasteiger charge is -1.94. The molecule has 1 aromatic heterocycles. The monoisotopic (exact) mass is 202 g/mol. The van der Waals surface area contributed by atoms with Crippen molar-refractivity contribution in [3.63, 3.8) is 0 Å². The normalized spacial score (nSPS) is 9.40. The number of aliphatic imine (C=N–C) groups is 1. The first-order valence-corrected chi connectivity index (χ1v) is 3.31. The van der Waals surface area contributed by atoms with E-state index in [1.165, 1.54) is 6.07 Å². The molecular formula is C6H4BrFN2.